The highest BCUT2D eigenvalue weighted by Crippen LogP contribution is 2.33. The van der Waals surface area contributed by atoms with Crippen LogP contribution >= 0.6 is 0 Å². The Morgan fingerprint density at radius 1 is 1.14 bits per heavy atom. The summed E-state index contributed by atoms with van der Waals surface area (Å²) in [6.45, 7) is 0.322. The van der Waals surface area contributed by atoms with Gasteiger partial charge in [0.2, 0.25) is 0 Å². The van der Waals surface area contributed by atoms with Gasteiger partial charge in [0.1, 0.15) is 11.4 Å². The summed E-state index contributed by atoms with van der Waals surface area (Å²) in [6.07, 6.45) is 3.97. The highest BCUT2D eigenvalue weighted by Gasteiger charge is 2.26. The molecule has 5 rings (SSSR count). The Balaban J connectivity index is 1.41. The number of carbonyl (C=O) groups excluding carboxylic acids is 1. The van der Waals surface area contributed by atoms with Crippen molar-refractivity contribution in [2.24, 2.45) is 0 Å². The Bertz CT molecular complexity index is 1380. The van der Waals surface area contributed by atoms with E-state index in [1.807, 2.05) is 48.7 Å². The lowest BCUT2D eigenvalue weighted by molar-refractivity contribution is -0.384. The molecule has 1 fully saturated rings. The first-order chi connectivity index (χ1) is 17.0. The van der Waals surface area contributed by atoms with Crippen LogP contribution in [0.4, 0.5) is 11.4 Å². The van der Waals surface area contributed by atoms with Gasteiger partial charge in [0.15, 0.2) is 0 Å². The van der Waals surface area contributed by atoms with Crippen LogP contribution in [0.5, 0.6) is 5.75 Å². The molecule has 4 aromatic rings. The molecule has 1 amide bonds. The topological polar surface area (TPSA) is 109 Å². The van der Waals surface area contributed by atoms with E-state index in [0.29, 0.717) is 12.2 Å². The molecule has 1 aliphatic carbocycles. The summed E-state index contributed by atoms with van der Waals surface area (Å²) < 4.78 is 5.30. The second kappa shape index (κ2) is 9.50. The van der Waals surface area contributed by atoms with Gasteiger partial charge in [-0.3, -0.25) is 14.9 Å². The number of para-hydroxylation sites is 1. The molecule has 0 radical (unpaired) electrons. The standard InChI is InChI=1S/C27H26N4O4/c1-35-20-11-6-17(7-12-20)22(23-16-28-24-5-3-2-4-21(23)24)15-29-27(32)18-8-13-25(30-19-9-10-19)26(14-18)31(33)34/h2-8,11-14,16,19,22,28,30H,9-10,15H2,1H3,(H,29,32). The number of nitrogens with one attached hydrogen (secondary N) is 3. The number of fused-ring (bicyclic) bond motifs is 1. The van der Waals surface area contributed by atoms with E-state index in [1.165, 1.54) is 6.07 Å². The van der Waals surface area contributed by atoms with Crippen molar-refractivity contribution in [3.8, 4) is 5.75 Å². The van der Waals surface area contributed by atoms with Crippen molar-refractivity contribution in [1.29, 1.82) is 0 Å². The number of anilines is 1. The first kappa shape index (κ1) is 22.5. The molecule has 35 heavy (non-hydrogen) atoms. The van der Waals surface area contributed by atoms with E-state index in [9.17, 15) is 14.9 Å². The van der Waals surface area contributed by atoms with Gasteiger partial charge in [0, 0.05) is 47.2 Å². The number of benzene rings is 3. The molecule has 0 bridgehead atoms. The number of methoxy groups -OCH3 is 1. The molecule has 0 spiro atoms. The zero-order chi connectivity index (χ0) is 24.4. The number of ether oxygens (including phenoxy) is 1. The summed E-state index contributed by atoms with van der Waals surface area (Å²) in [5.74, 6) is 0.263. The van der Waals surface area contributed by atoms with Crippen LogP contribution < -0.4 is 15.4 Å². The van der Waals surface area contributed by atoms with E-state index in [-0.39, 0.29) is 29.1 Å². The molecule has 0 aliphatic heterocycles. The highest BCUT2D eigenvalue weighted by atomic mass is 16.6. The van der Waals surface area contributed by atoms with Gasteiger partial charge in [0.05, 0.1) is 12.0 Å². The number of carbonyl (C=O) groups is 1. The lowest BCUT2D eigenvalue weighted by Gasteiger charge is -2.19. The smallest absolute Gasteiger partial charge is 0.293 e. The number of amides is 1. The van der Waals surface area contributed by atoms with Gasteiger partial charge in [-0.1, -0.05) is 30.3 Å². The van der Waals surface area contributed by atoms with Crippen LogP contribution in [-0.2, 0) is 0 Å². The van der Waals surface area contributed by atoms with Crippen LogP contribution in [0, 0.1) is 10.1 Å². The van der Waals surface area contributed by atoms with Crippen LogP contribution in [0.2, 0.25) is 0 Å². The highest BCUT2D eigenvalue weighted by molar-refractivity contribution is 5.96. The van der Waals surface area contributed by atoms with Gasteiger partial charge >= 0.3 is 0 Å². The van der Waals surface area contributed by atoms with Gasteiger partial charge < -0.3 is 20.4 Å². The van der Waals surface area contributed by atoms with Crippen molar-refractivity contribution >= 4 is 28.2 Å². The zero-order valence-corrected chi connectivity index (χ0v) is 19.3. The van der Waals surface area contributed by atoms with Crippen molar-refractivity contribution in [2.75, 3.05) is 19.0 Å². The third-order valence-electron chi connectivity index (χ3n) is 6.38. The van der Waals surface area contributed by atoms with E-state index < -0.39 is 4.92 Å². The normalized spacial score (nSPS) is 13.9. The number of hydrogen-bond acceptors (Lipinski definition) is 5. The minimum absolute atomic E-state index is 0.0899. The van der Waals surface area contributed by atoms with E-state index in [1.54, 1.807) is 19.2 Å². The Kier molecular flexibility index (Phi) is 6.10. The number of aromatic nitrogens is 1. The van der Waals surface area contributed by atoms with Gasteiger partial charge in [-0.15, -0.1) is 0 Å². The van der Waals surface area contributed by atoms with E-state index in [4.69, 9.17) is 4.74 Å². The first-order valence-electron chi connectivity index (χ1n) is 11.6. The Morgan fingerprint density at radius 2 is 1.91 bits per heavy atom. The quantitative estimate of drug-likeness (QED) is 0.229. The molecule has 1 unspecified atom stereocenters. The van der Waals surface area contributed by atoms with Crippen LogP contribution in [0.3, 0.4) is 0 Å². The molecule has 1 aromatic heterocycles. The molecule has 178 valence electrons. The van der Waals surface area contributed by atoms with Crippen molar-refractivity contribution < 1.29 is 14.5 Å². The van der Waals surface area contributed by atoms with Crippen molar-refractivity contribution in [3.63, 3.8) is 0 Å². The maximum absolute atomic E-state index is 13.1. The Morgan fingerprint density at radius 3 is 2.63 bits per heavy atom. The van der Waals surface area contributed by atoms with Gasteiger partial charge in [-0.2, -0.15) is 0 Å². The van der Waals surface area contributed by atoms with Gasteiger partial charge in [0.25, 0.3) is 11.6 Å². The minimum Gasteiger partial charge on any atom is -0.497 e. The maximum atomic E-state index is 13.1. The summed E-state index contributed by atoms with van der Waals surface area (Å²) in [5, 5.41) is 18.8. The minimum atomic E-state index is -0.451. The number of aromatic amines is 1. The molecule has 1 heterocycles. The largest absolute Gasteiger partial charge is 0.497 e. The third-order valence-corrected chi connectivity index (χ3v) is 6.38. The molecular formula is C27H26N4O4. The number of nitrogens with zero attached hydrogens (tertiary/aromatic N) is 1. The van der Waals surface area contributed by atoms with Crippen LogP contribution in [0.1, 0.15) is 40.2 Å². The lowest BCUT2D eigenvalue weighted by atomic mass is 9.90. The number of nitro benzene ring substituents is 1. The second-order valence-corrected chi connectivity index (χ2v) is 8.73. The molecule has 3 aromatic carbocycles. The molecule has 1 aliphatic rings. The fourth-order valence-corrected chi connectivity index (χ4v) is 4.32. The first-order valence-corrected chi connectivity index (χ1v) is 11.6. The summed E-state index contributed by atoms with van der Waals surface area (Å²) in [4.78, 5) is 27.5. The predicted molar refractivity (Wildman–Crippen MR) is 135 cm³/mol. The van der Waals surface area contributed by atoms with E-state index in [0.717, 1.165) is 40.6 Å². The van der Waals surface area contributed by atoms with Crippen LogP contribution in [0.15, 0.2) is 72.9 Å². The summed E-state index contributed by atoms with van der Waals surface area (Å²) >= 11 is 0. The SMILES string of the molecule is COc1ccc(C(CNC(=O)c2ccc(NC3CC3)c([N+](=O)[O-])c2)c2c[nH]c3ccccc23)cc1. The Hall–Kier alpha value is -4.33. The summed E-state index contributed by atoms with van der Waals surface area (Å²) in [7, 11) is 1.62. The molecule has 1 atom stereocenters. The van der Waals surface area contributed by atoms with Crippen molar-refractivity contribution in [2.45, 2.75) is 24.8 Å². The number of rotatable bonds is 9. The third kappa shape index (κ3) is 4.82. The monoisotopic (exact) mass is 470 g/mol. The van der Waals surface area contributed by atoms with Crippen molar-refractivity contribution in [1.82, 2.24) is 10.3 Å². The molecule has 3 N–H and O–H groups in total. The average Bonchev–Trinajstić information content (AvgIpc) is 3.60. The fraction of sp³-hybridized carbons (Fsp3) is 0.222. The Labute approximate surface area is 202 Å². The van der Waals surface area contributed by atoms with Gasteiger partial charge in [-0.05, 0) is 54.3 Å². The molecular weight excluding hydrogens is 444 g/mol. The van der Waals surface area contributed by atoms with E-state index in [2.05, 4.69) is 21.7 Å². The fourth-order valence-electron chi connectivity index (χ4n) is 4.32. The molecule has 8 heteroatoms. The number of hydrogen-bond donors (Lipinski definition) is 3. The van der Waals surface area contributed by atoms with Crippen LogP contribution in [0.25, 0.3) is 10.9 Å². The van der Waals surface area contributed by atoms with Gasteiger partial charge in [-0.25, -0.2) is 0 Å². The molecule has 8 nitrogen and oxygen atoms in total. The molecule has 0 saturated heterocycles. The zero-order valence-electron chi connectivity index (χ0n) is 19.3. The maximum Gasteiger partial charge on any atom is 0.293 e. The van der Waals surface area contributed by atoms with E-state index >= 15 is 0 Å². The van der Waals surface area contributed by atoms with Crippen LogP contribution in [-0.4, -0.2) is 35.5 Å². The number of nitro groups is 1. The summed E-state index contributed by atoms with van der Waals surface area (Å²) in [5.41, 5.74) is 3.70. The predicted octanol–water partition coefficient (Wildman–Crippen LogP) is 5.22. The number of H-pyrrole nitrogens is 1. The average molecular weight is 471 g/mol. The summed E-state index contributed by atoms with van der Waals surface area (Å²) in [6, 6.07) is 20.6. The van der Waals surface area contributed by atoms with Crippen molar-refractivity contribution in [3.05, 3.63) is 99.7 Å². The molecule has 1 saturated carbocycles. The lowest BCUT2D eigenvalue weighted by Crippen LogP contribution is -2.29. The second-order valence-electron chi connectivity index (χ2n) is 8.73.